The van der Waals surface area contributed by atoms with Crippen molar-refractivity contribution >= 4 is 21.8 Å². The van der Waals surface area contributed by atoms with Gasteiger partial charge in [0, 0.05) is 39.7 Å². The van der Waals surface area contributed by atoms with Crippen LogP contribution in [0.3, 0.4) is 0 Å². The van der Waals surface area contributed by atoms with Gasteiger partial charge in [0.15, 0.2) is 0 Å². The van der Waals surface area contributed by atoms with Gasteiger partial charge in [0.1, 0.15) is 0 Å². The molecule has 3 aromatic heterocycles. The van der Waals surface area contributed by atoms with Gasteiger partial charge < -0.3 is 4.90 Å². The molecule has 0 saturated heterocycles. The van der Waals surface area contributed by atoms with Gasteiger partial charge in [-0.15, -0.1) is 0 Å². The van der Waals surface area contributed by atoms with E-state index in [-0.39, 0.29) is 34.9 Å². The zero-order valence-corrected chi connectivity index (χ0v) is 23.0. The van der Waals surface area contributed by atoms with Crippen molar-refractivity contribution in [3.63, 3.8) is 0 Å². The number of rotatable bonds is 3. The van der Waals surface area contributed by atoms with Crippen LogP contribution >= 0.6 is 15.9 Å². The monoisotopic (exact) mass is 601 g/mol. The number of hydrogen-bond acceptors (Lipinski definition) is 6. The van der Waals surface area contributed by atoms with Crippen LogP contribution in [-0.2, 0) is 19.1 Å². The molecule has 4 heterocycles. The third kappa shape index (κ3) is 4.86. The quantitative estimate of drug-likeness (QED) is 0.343. The van der Waals surface area contributed by atoms with E-state index < -0.39 is 29.2 Å². The van der Waals surface area contributed by atoms with Gasteiger partial charge in [-0.3, -0.25) is 9.59 Å². The van der Waals surface area contributed by atoms with Crippen LogP contribution in [0.1, 0.15) is 51.1 Å². The average molecular weight is 602 g/mol. The first-order valence-electron chi connectivity index (χ1n) is 12.0. The average Bonchev–Trinajstić information content (AvgIpc) is 3.21. The number of alkyl halides is 3. The second-order valence-electron chi connectivity index (χ2n) is 9.56. The molecule has 0 N–H and O–H groups in total. The molecule has 1 amide bonds. The van der Waals surface area contributed by atoms with Gasteiger partial charge >= 0.3 is 6.18 Å². The number of fused-ring (bicyclic) bond motifs is 1. The molecule has 13 heteroatoms. The highest BCUT2D eigenvalue weighted by Crippen LogP contribution is 2.36. The van der Waals surface area contributed by atoms with Gasteiger partial charge in [0.2, 0.25) is 11.9 Å². The standard InChI is InChI=1S/C26H23BrF3N7O2/c1-13-10-31-24(32-11-13)36-23(39)18-8-15(3)35(12-21(18)33-25(36)37-16(4)7-14(2)34-37)22(38)17-5-6-20(27)19(9-17)26(28,29)30/h5-7,9-11,15H,8,12H2,1-4H3. The molecule has 39 heavy (non-hydrogen) atoms. The second kappa shape index (κ2) is 9.70. The number of halogens is 4. The number of aryl methyl sites for hydroxylation is 3. The second-order valence-corrected chi connectivity index (χ2v) is 10.4. The van der Waals surface area contributed by atoms with Gasteiger partial charge in [-0.2, -0.15) is 18.3 Å². The summed E-state index contributed by atoms with van der Waals surface area (Å²) in [6.45, 7) is 7.13. The highest BCUT2D eigenvalue weighted by atomic mass is 79.9. The summed E-state index contributed by atoms with van der Waals surface area (Å²) in [5, 5.41) is 4.48. The minimum atomic E-state index is -4.63. The molecule has 1 aliphatic rings. The van der Waals surface area contributed by atoms with Crippen molar-refractivity contribution in [1.82, 2.24) is 34.2 Å². The first-order valence-corrected chi connectivity index (χ1v) is 12.8. The highest BCUT2D eigenvalue weighted by molar-refractivity contribution is 9.10. The third-order valence-corrected chi connectivity index (χ3v) is 7.23. The zero-order valence-electron chi connectivity index (χ0n) is 21.4. The lowest BCUT2D eigenvalue weighted by molar-refractivity contribution is -0.138. The van der Waals surface area contributed by atoms with Crippen LogP contribution in [0.2, 0.25) is 0 Å². The van der Waals surface area contributed by atoms with Crippen molar-refractivity contribution in [2.45, 2.75) is 52.9 Å². The van der Waals surface area contributed by atoms with Gasteiger partial charge in [-0.25, -0.2) is 24.2 Å². The number of aromatic nitrogens is 6. The Balaban J connectivity index is 1.62. The molecule has 4 aromatic rings. The van der Waals surface area contributed by atoms with E-state index in [4.69, 9.17) is 4.98 Å². The summed E-state index contributed by atoms with van der Waals surface area (Å²) in [5.41, 5.74) is 1.51. The summed E-state index contributed by atoms with van der Waals surface area (Å²) < 4.78 is 43.1. The van der Waals surface area contributed by atoms with Gasteiger partial charge in [-0.05, 0) is 63.9 Å². The number of benzene rings is 1. The predicted octanol–water partition coefficient (Wildman–Crippen LogP) is 4.50. The Hall–Kier alpha value is -3.87. The van der Waals surface area contributed by atoms with Crippen LogP contribution in [0.5, 0.6) is 0 Å². The number of hydrogen-bond donors (Lipinski definition) is 0. The Labute approximate surface area is 229 Å². The van der Waals surface area contributed by atoms with Crippen LogP contribution in [0.25, 0.3) is 11.9 Å². The van der Waals surface area contributed by atoms with Gasteiger partial charge in [0.25, 0.3) is 11.5 Å². The maximum Gasteiger partial charge on any atom is 0.417 e. The normalized spacial score (nSPS) is 15.4. The minimum Gasteiger partial charge on any atom is -0.330 e. The zero-order chi connectivity index (χ0) is 28.2. The Morgan fingerprint density at radius 1 is 1.10 bits per heavy atom. The van der Waals surface area contributed by atoms with E-state index in [0.717, 1.165) is 11.6 Å². The van der Waals surface area contributed by atoms with E-state index in [1.54, 1.807) is 19.3 Å². The van der Waals surface area contributed by atoms with E-state index in [9.17, 15) is 22.8 Å². The van der Waals surface area contributed by atoms with Crippen molar-refractivity contribution in [2.75, 3.05) is 0 Å². The highest BCUT2D eigenvalue weighted by Gasteiger charge is 2.36. The molecule has 9 nitrogen and oxygen atoms in total. The fourth-order valence-electron chi connectivity index (χ4n) is 4.61. The molecule has 0 aliphatic carbocycles. The molecule has 1 aromatic carbocycles. The summed E-state index contributed by atoms with van der Waals surface area (Å²) in [4.78, 5) is 42.1. The SMILES string of the molecule is Cc1cnc(-n2c(-n3nc(C)cc3C)nc3c(c2=O)CC(C)N(C(=O)c2ccc(Br)c(C(F)(F)F)c2)C3)nc1. The van der Waals surface area contributed by atoms with Crippen LogP contribution in [-0.4, -0.2) is 46.1 Å². The molecule has 0 spiro atoms. The number of nitrogens with zero attached hydrogens (tertiary/aromatic N) is 7. The minimum absolute atomic E-state index is 0.0656. The van der Waals surface area contributed by atoms with Gasteiger partial charge in [-0.1, -0.05) is 15.9 Å². The van der Waals surface area contributed by atoms with Crippen molar-refractivity contribution < 1.29 is 18.0 Å². The van der Waals surface area contributed by atoms with E-state index in [1.807, 2.05) is 26.8 Å². The molecule has 0 fully saturated rings. The molecule has 5 rings (SSSR count). The lowest BCUT2D eigenvalue weighted by atomic mass is 9.98. The first kappa shape index (κ1) is 26.7. The van der Waals surface area contributed by atoms with E-state index in [2.05, 4.69) is 31.0 Å². The molecule has 1 unspecified atom stereocenters. The first-order chi connectivity index (χ1) is 18.3. The van der Waals surface area contributed by atoms with E-state index >= 15 is 0 Å². The molecular formula is C26H23BrF3N7O2. The maximum atomic E-state index is 13.9. The van der Waals surface area contributed by atoms with Gasteiger partial charge in [0.05, 0.1) is 23.5 Å². The Bertz CT molecular complexity index is 1660. The van der Waals surface area contributed by atoms with E-state index in [1.165, 1.54) is 26.3 Å². The van der Waals surface area contributed by atoms with Crippen LogP contribution in [0, 0.1) is 20.8 Å². The van der Waals surface area contributed by atoms with Crippen LogP contribution < -0.4 is 5.56 Å². The maximum absolute atomic E-state index is 13.9. The molecule has 0 radical (unpaired) electrons. The van der Waals surface area contributed by atoms with E-state index in [0.29, 0.717) is 22.6 Å². The largest absolute Gasteiger partial charge is 0.417 e. The molecule has 1 atom stereocenters. The molecule has 202 valence electrons. The molecule has 0 bridgehead atoms. The topological polar surface area (TPSA) is 98.8 Å². The molecule has 1 aliphatic heterocycles. The Morgan fingerprint density at radius 2 is 1.79 bits per heavy atom. The molecular weight excluding hydrogens is 579 g/mol. The Morgan fingerprint density at radius 3 is 2.41 bits per heavy atom. The summed E-state index contributed by atoms with van der Waals surface area (Å²) in [5.74, 6) is -0.311. The van der Waals surface area contributed by atoms with Crippen molar-refractivity contribution in [3.05, 3.63) is 90.8 Å². The van der Waals surface area contributed by atoms with Crippen molar-refractivity contribution in [3.8, 4) is 11.9 Å². The summed E-state index contributed by atoms with van der Waals surface area (Å²) in [6, 6.07) is 4.72. The number of carbonyl (C=O) groups excluding carboxylic acids is 1. The number of carbonyl (C=O) groups is 1. The fraction of sp³-hybridized carbons (Fsp3) is 0.308. The lowest BCUT2D eigenvalue weighted by Crippen LogP contribution is -2.46. The van der Waals surface area contributed by atoms with Crippen LogP contribution in [0.15, 0.2) is 45.9 Å². The van der Waals surface area contributed by atoms with Crippen molar-refractivity contribution in [2.24, 2.45) is 0 Å². The van der Waals surface area contributed by atoms with Crippen LogP contribution in [0.4, 0.5) is 13.2 Å². The summed E-state index contributed by atoms with van der Waals surface area (Å²) >= 11 is 2.91. The Kier molecular flexibility index (Phi) is 6.65. The third-order valence-electron chi connectivity index (χ3n) is 6.54. The summed E-state index contributed by atoms with van der Waals surface area (Å²) in [6.07, 6.45) is -1.29. The number of amides is 1. The molecule has 0 saturated carbocycles. The summed E-state index contributed by atoms with van der Waals surface area (Å²) in [7, 11) is 0. The smallest absolute Gasteiger partial charge is 0.330 e. The predicted molar refractivity (Wildman–Crippen MR) is 139 cm³/mol. The fourth-order valence-corrected chi connectivity index (χ4v) is 5.09. The van der Waals surface area contributed by atoms with Crippen molar-refractivity contribution in [1.29, 1.82) is 0 Å². The lowest BCUT2D eigenvalue weighted by Gasteiger charge is -2.34.